The van der Waals surface area contributed by atoms with E-state index in [2.05, 4.69) is 0 Å². The van der Waals surface area contributed by atoms with E-state index in [1.807, 2.05) is 19.1 Å². The molecule has 0 spiro atoms. The first kappa shape index (κ1) is 13.0. The minimum atomic E-state index is -1.43. The second-order valence-corrected chi connectivity index (χ2v) is 4.14. The van der Waals surface area contributed by atoms with Gasteiger partial charge in [-0.3, -0.25) is 34.4 Å². The van der Waals surface area contributed by atoms with Crippen molar-refractivity contribution in [3.8, 4) is 0 Å². The van der Waals surface area contributed by atoms with Crippen molar-refractivity contribution in [2.75, 3.05) is 0 Å². The van der Waals surface area contributed by atoms with Crippen molar-refractivity contribution in [1.29, 1.82) is 0 Å². The quantitative estimate of drug-likeness (QED) is 0.333. The summed E-state index contributed by atoms with van der Waals surface area (Å²) >= 11 is 0. The van der Waals surface area contributed by atoms with E-state index in [9.17, 15) is 0 Å². The van der Waals surface area contributed by atoms with Gasteiger partial charge in [-0.15, -0.1) is 0 Å². The molecule has 6 nitrogen and oxygen atoms in total. The molecule has 0 aromatic heterocycles. The minimum Gasteiger partial charge on any atom is -0.297 e. The van der Waals surface area contributed by atoms with Crippen molar-refractivity contribution < 1.29 is 0 Å². The van der Waals surface area contributed by atoms with E-state index in [1.165, 1.54) is 0 Å². The molecule has 0 saturated carbocycles. The van der Waals surface area contributed by atoms with Crippen molar-refractivity contribution in [2.24, 2.45) is 34.4 Å². The van der Waals surface area contributed by atoms with Crippen LogP contribution in [-0.4, -0.2) is 0 Å². The van der Waals surface area contributed by atoms with E-state index in [0.29, 0.717) is 11.1 Å². The van der Waals surface area contributed by atoms with Crippen LogP contribution >= 0.6 is 0 Å². The molecule has 1 aromatic carbocycles. The molecule has 0 aliphatic heterocycles. The van der Waals surface area contributed by atoms with Crippen LogP contribution in [0, 0.1) is 0 Å². The second-order valence-electron chi connectivity index (χ2n) is 4.14. The number of hydrogen-bond donors (Lipinski definition) is 6. The van der Waals surface area contributed by atoms with E-state index in [0.717, 1.165) is 12.0 Å². The molecule has 0 atom stereocenters. The van der Waals surface area contributed by atoms with Gasteiger partial charge in [0.2, 0.25) is 0 Å². The van der Waals surface area contributed by atoms with Crippen LogP contribution in [0.5, 0.6) is 0 Å². The summed E-state index contributed by atoms with van der Waals surface area (Å²) < 4.78 is 0. The van der Waals surface area contributed by atoms with Gasteiger partial charge in [0.05, 0.1) is 0 Å². The van der Waals surface area contributed by atoms with Gasteiger partial charge in [0.15, 0.2) is 0 Å². The lowest BCUT2D eigenvalue weighted by atomic mass is 9.97. The molecule has 0 aliphatic rings. The number of rotatable bonds is 3. The Kier molecular flexibility index (Phi) is 3.34. The van der Waals surface area contributed by atoms with Gasteiger partial charge in [-0.25, -0.2) is 0 Å². The normalized spacial score (nSPS) is 12.9. The van der Waals surface area contributed by atoms with E-state index in [4.69, 9.17) is 34.4 Å². The Balaban J connectivity index is 3.33. The van der Waals surface area contributed by atoms with Gasteiger partial charge in [-0.2, -0.15) is 0 Å². The molecule has 0 radical (unpaired) electrons. The SMILES string of the molecule is CCc1cc(C(N)(N)N)cc(C(N)(N)N)c1. The van der Waals surface area contributed by atoms with Crippen molar-refractivity contribution in [2.45, 2.75) is 24.9 Å². The molecule has 0 fully saturated rings. The average molecular weight is 224 g/mol. The molecule has 0 aliphatic carbocycles. The van der Waals surface area contributed by atoms with E-state index in [-0.39, 0.29) is 0 Å². The van der Waals surface area contributed by atoms with Gasteiger partial charge in [-0.1, -0.05) is 19.1 Å². The van der Waals surface area contributed by atoms with Gasteiger partial charge in [0, 0.05) is 11.1 Å². The monoisotopic (exact) mass is 224 g/mol. The maximum Gasteiger partial charge on any atom is 0.142 e. The summed E-state index contributed by atoms with van der Waals surface area (Å²) in [5.74, 6) is -2.85. The zero-order valence-corrected chi connectivity index (χ0v) is 9.40. The Labute approximate surface area is 94.9 Å². The molecule has 0 heterocycles. The van der Waals surface area contributed by atoms with Crippen LogP contribution in [-0.2, 0) is 18.0 Å². The summed E-state index contributed by atoms with van der Waals surface area (Å²) in [6.45, 7) is 1.99. The predicted octanol–water partition coefficient (Wildman–Crippen LogP) is -1.78. The number of nitrogens with two attached hydrogens (primary N) is 6. The van der Waals surface area contributed by atoms with Crippen LogP contribution in [0.4, 0.5) is 0 Å². The minimum absolute atomic E-state index is 0.549. The van der Waals surface area contributed by atoms with Gasteiger partial charge in [0.25, 0.3) is 0 Å². The van der Waals surface area contributed by atoms with Gasteiger partial charge in [-0.05, 0) is 18.1 Å². The predicted molar refractivity (Wildman–Crippen MR) is 64.3 cm³/mol. The summed E-state index contributed by atoms with van der Waals surface area (Å²) in [5, 5.41) is 0. The summed E-state index contributed by atoms with van der Waals surface area (Å²) in [4.78, 5) is 0. The topological polar surface area (TPSA) is 156 Å². The lowest BCUT2D eigenvalue weighted by Crippen LogP contribution is -2.56. The highest BCUT2D eigenvalue weighted by atomic mass is 15.1. The van der Waals surface area contributed by atoms with E-state index >= 15 is 0 Å². The molecule has 1 aromatic rings. The standard InChI is InChI=1S/C10H20N6/c1-2-6-3-7(9(11,12)13)5-8(4-6)10(14,15)16/h3-5H,2,11-16H2,1H3. The van der Waals surface area contributed by atoms with Crippen LogP contribution in [0.15, 0.2) is 18.2 Å². The summed E-state index contributed by atoms with van der Waals surface area (Å²) in [7, 11) is 0. The summed E-state index contributed by atoms with van der Waals surface area (Å²) in [6.07, 6.45) is 0.785. The molecule has 0 saturated heterocycles. The fourth-order valence-electron chi connectivity index (χ4n) is 1.40. The smallest absolute Gasteiger partial charge is 0.142 e. The second kappa shape index (κ2) is 4.10. The van der Waals surface area contributed by atoms with Crippen molar-refractivity contribution in [3.63, 3.8) is 0 Å². The Morgan fingerprint density at radius 1 is 0.812 bits per heavy atom. The van der Waals surface area contributed by atoms with Crippen molar-refractivity contribution in [1.82, 2.24) is 0 Å². The zero-order valence-electron chi connectivity index (χ0n) is 9.40. The third-order valence-electron chi connectivity index (χ3n) is 2.40. The van der Waals surface area contributed by atoms with Crippen LogP contribution < -0.4 is 34.4 Å². The van der Waals surface area contributed by atoms with E-state index in [1.54, 1.807) is 6.07 Å². The molecule has 16 heavy (non-hydrogen) atoms. The van der Waals surface area contributed by atoms with Crippen LogP contribution in [0.25, 0.3) is 0 Å². The van der Waals surface area contributed by atoms with Crippen molar-refractivity contribution >= 4 is 0 Å². The Bertz CT molecular complexity index is 342. The van der Waals surface area contributed by atoms with Gasteiger partial charge < -0.3 is 0 Å². The van der Waals surface area contributed by atoms with E-state index < -0.39 is 11.6 Å². The first-order valence-corrected chi connectivity index (χ1v) is 5.02. The highest BCUT2D eigenvalue weighted by Gasteiger charge is 2.21. The maximum absolute atomic E-state index is 5.63. The number of benzene rings is 1. The zero-order chi connectivity index (χ0) is 12.6. The fraction of sp³-hybridized carbons (Fsp3) is 0.400. The molecule has 0 amide bonds. The average Bonchev–Trinajstić information content (AvgIpc) is 2.14. The largest absolute Gasteiger partial charge is 0.297 e. The Hall–Kier alpha value is -1.02. The van der Waals surface area contributed by atoms with Gasteiger partial charge >= 0.3 is 0 Å². The first-order chi connectivity index (χ1) is 7.14. The molecule has 12 N–H and O–H groups in total. The third kappa shape index (κ3) is 2.99. The summed E-state index contributed by atoms with van der Waals surface area (Å²) in [6, 6.07) is 5.25. The molecule has 6 heteroatoms. The van der Waals surface area contributed by atoms with Crippen LogP contribution in [0.2, 0.25) is 0 Å². The summed E-state index contributed by atoms with van der Waals surface area (Å²) in [5.41, 5.74) is 35.8. The highest BCUT2D eigenvalue weighted by Crippen LogP contribution is 2.18. The maximum atomic E-state index is 5.63. The molecule has 90 valence electrons. The lowest BCUT2D eigenvalue weighted by Gasteiger charge is -2.25. The Morgan fingerprint density at radius 2 is 1.19 bits per heavy atom. The molecule has 0 unspecified atom stereocenters. The van der Waals surface area contributed by atoms with Gasteiger partial charge in [0.1, 0.15) is 11.6 Å². The highest BCUT2D eigenvalue weighted by molar-refractivity contribution is 5.36. The molecule has 0 bridgehead atoms. The lowest BCUT2D eigenvalue weighted by molar-refractivity contribution is 0.469. The first-order valence-electron chi connectivity index (χ1n) is 5.02. The molecular formula is C10H20N6. The third-order valence-corrected chi connectivity index (χ3v) is 2.40. The Morgan fingerprint density at radius 3 is 1.44 bits per heavy atom. The number of hydrogen-bond acceptors (Lipinski definition) is 6. The fourth-order valence-corrected chi connectivity index (χ4v) is 1.40. The van der Waals surface area contributed by atoms with Crippen LogP contribution in [0.3, 0.4) is 0 Å². The molecule has 1 rings (SSSR count). The van der Waals surface area contributed by atoms with Crippen molar-refractivity contribution in [3.05, 3.63) is 34.9 Å². The number of aryl methyl sites for hydroxylation is 1. The van der Waals surface area contributed by atoms with Crippen LogP contribution in [0.1, 0.15) is 23.6 Å². The molecular weight excluding hydrogens is 204 g/mol.